The Kier molecular flexibility index (Phi) is 4.42. The summed E-state index contributed by atoms with van der Waals surface area (Å²) in [5, 5.41) is 18.6. The van der Waals surface area contributed by atoms with Crippen LogP contribution in [0.25, 0.3) is 0 Å². The molecule has 1 saturated heterocycles. The summed E-state index contributed by atoms with van der Waals surface area (Å²) in [6.45, 7) is 0.152. The number of aliphatic carboxylic acids is 1. The number of amides is 2. The second kappa shape index (κ2) is 6.09. The molecule has 0 bridgehead atoms. The number of carbonyl (C=O) groups excluding carboxylic acids is 1. The van der Waals surface area contributed by atoms with Crippen molar-refractivity contribution in [2.75, 3.05) is 13.6 Å². The molecular weight excluding hydrogens is 279 g/mol. The van der Waals surface area contributed by atoms with Gasteiger partial charge in [0.05, 0.1) is 6.10 Å². The minimum absolute atomic E-state index is 0.0106. The maximum atomic E-state index is 13.1. The fourth-order valence-electron chi connectivity index (χ4n) is 2.46. The van der Waals surface area contributed by atoms with E-state index in [0.29, 0.717) is 5.56 Å². The molecular formula is C14H17FN2O4. The van der Waals surface area contributed by atoms with Gasteiger partial charge in [0.25, 0.3) is 0 Å². The second-order valence-electron chi connectivity index (χ2n) is 5.16. The van der Waals surface area contributed by atoms with Gasteiger partial charge in [-0.05, 0) is 17.7 Å². The van der Waals surface area contributed by atoms with Crippen LogP contribution in [-0.2, 0) is 11.3 Å². The van der Waals surface area contributed by atoms with E-state index in [-0.39, 0.29) is 19.5 Å². The molecule has 114 valence electrons. The van der Waals surface area contributed by atoms with Gasteiger partial charge in [-0.15, -0.1) is 0 Å². The standard InChI is InChI=1S/C14H17FN2O4/c1-16(7-9-3-2-4-10(15)5-9)14(21)17-8-11(18)6-12(17)13(19)20/h2-5,11-12,18H,6-8H2,1H3,(H,19,20)/t11-,12-/m1/s1. The van der Waals surface area contributed by atoms with Gasteiger partial charge in [-0.2, -0.15) is 0 Å². The van der Waals surface area contributed by atoms with Gasteiger partial charge in [-0.25, -0.2) is 14.0 Å². The summed E-state index contributed by atoms with van der Waals surface area (Å²) in [5.41, 5.74) is 0.609. The highest BCUT2D eigenvalue weighted by Crippen LogP contribution is 2.20. The Morgan fingerprint density at radius 3 is 2.81 bits per heavy atom. The average Bonchev–Trinajstić information content (AvgIpc) is 2.80. The molecule has 1 heterocycles. The maximum Gasteiger partial charge on any atom is 0.326 e. The molecule has 2 amide bonds. The highest BCUT2D eigenvalue weighted by atomic mass is 19.1. The van der Waals surface area contributed by atoms with Crippen LogP contribution in [0.2, 0.25) is 0 Å². The van der Waals surface area contributed by atoms with Gasteiger partial charge < -0.3 is 20.0 Å². The van der Waals surface area contributed by atoms with Gasteiger partial charge >= 0.3 is 12.0 Å². The van der Waals surface area contributed by atoms with Crippen LogP contribution in [-0.4, -0.2) is 57.8 Å². The first-order valence-electron chi connectivity index (χ1n) is 6.55. The maximum absolute atomic E-state index is 13.1. The molecule has 1 aliphatic heterocycles. The molecule has 0 spiro atoms. The molecule has 0 aromatic heterocycles. The molecule has 7 heteroatoms. The van der Waals surface area contributed by atoms with Crippen LogP contribution < -0.4 is 0 Å². The molecule has 0 aliphatic carbocycles. The number of benzene rings is 1. The third kappa shape index (κ3) is 3.49. The monoisotopic (exact) mass is 296 g/mol. The first-order chi connectivity index (χ1) is 9.88. The highest BCUT2D eigenvalue weighted by Gasteiger charge is 2.40. The number of nitrogens with zero attached hydrogens (tertiary/aromatic N) is 2. The van der Waals surface area contributed by atoms with Crippen LogP contribution in [0, 0.1) is 5.82 Å². The number of aliphatic hydroxyl groups excluding tert-OH is 1. The number of rotatable bonds is 3. The van der Waals surface area contributed by atoms with E-state index in [1.54, 1.807) is 12.1 Å². The zero-order chi connectivity index (χ0) is 15.6. The van der Waals surface area contributed by atoms with Crippen molar-refractivity contribution in [3.63, 3.8) is 0 Å². The molecule has 1 aromatic carbocycles. The van der Waals surface area contributed by atoms with Gasteiger partial charge in [0.15, 0.2) is 0 Å². The zero-order valence-electron chi connectivity index (χ0n) is 11.6. The van der Waals surface area contributed by atoms with Crippen LogP contribution in [0.5, 0.6) is 0 Å². The summed E-state index contributed by atoms with van der Waals surface area (Å²) < 4.78 is 13.1. The minimum Gasteiger partial charge on any atom is -0.480 e. The van der Waals surface area contributed by atoms with E-state index in [0.717, 1.165) is 4.90 Å². The number of aliphatic hydroxyl groups is 1. The van der Waals surface area contributed by atoms with E-state index in [9.17, 15) is 19.1 Å². The van der Waals surface area contributed by atoms with Crippen molar-refractivity contribution in [2.24, 2.45) is 0 Å². The Balaban J connectivity index is 2.06. The molecule has 2 rings (SSSR count). The highest BCUT2D eigenvalue weighted by molar-refractivity contribution is 5.83. The Hall–Kier alpha value is -2.15. The minimum atomic E-state index is -1.14. The quantitative estimate of drug-likeness (QED) is 0.868. The van der Waals surface area contributed by atoms with Gasteiger partial charge in [-0.3, -0.25) is 0 Å². The predicted molar refractivity (Wildman–Crippen MR) is 72.0 cm³/mol. The van der Waals surface area contributed by atoms with Gasteiger partial charge in [-0.1, -0.05) is 12.1 Å². The Morgan fingerprint density at radius 2 is 2.19 bits per heavy atom. The van der Waals surface area contributed by atoms with Crippen LogP contribution in [0.4, 0.5) is 9.18 Å². The normalized spacial score (nSPS) is 21.4. The lowest BCUT2D eigenvalue weighted by Crippen LogP contribution is -2.46. The van der Waals surface area contributed by atoms with Crippen LogP contribution in [0.15, 0.2) is 24.3 Å². The molecule has 1 aliphatic rings. The number of urea groups is 1. The first-order valence-corrected chi connectivity index (χ1v) is 6.55. The third-order valence-corrected chi connectivity index (χ3v) is 3.45. The number of halogens is 1. The van der Waals surface area contributed by atoms with Crippen molar-refractivity contribution in [2.45, 2.75) is 25.1 Å². The van der Waals surface area contributed by atoms with E-state index in [4.69, 9.17) is 5.11 Å². The molecule has 0 saturated carbocycles. The number of carboxylic acid groups (broad SMARTS) is 1. The fraction of sp³-hybridized carbons (Fsp3) is 0.429. The van der Waals surface area contributed by atoms with E-state index in [1.807, 2.05) is 0 Å². The van der Waals surface area contributed by atoms with E-state index >= 15 is 0 Å². The van der Waals surface area contributed by atoms with E-state index < -0.39 is 30.0 Å². The van der Waals surface area contributed by atoms with Gasteiger partial charge in [0.1, 0.15) is 11.9 Å². The van der Waals surface area contributed by atoms with E-state index in [2.05, 4.69) is 0 Å². The number of hydrogen-bond acceptors (Lipinski definition) is 3. The molecule has 1 fully saturated rings. The van der Waals surface area contributed by atoms with Crippen molar-refractivity contribution in [1.82, 2.24) is 9.80 Å². The lowest BCUT2D eigenvalue weighted by molar-refractivity contribution is -0.141. The smallest absolute Gasteiger partial charge is 0.326 e. The molecule has 0 radical (unpaired) electrons. The Labute approximate surface area is 121 Å². The summed E-state index contributed by atoms with van der Waals surface area (Å²) >= 11 is 0. The van der Waals surface area contributed by atoms with Crippen molar-refractivity contribution in [1.29, 1.82) is 0 Å². The number of carboxylic acids is 1. The van der Waals surface area contributed by atoms with Crippen LogP contribution >= 0.6 is 0 Å². The number of β-amino-alcohol motifs (C(OH)–C–C–N with tert-alkyl or cyclic N) is 1. The average molecular weight is 296 g/mol. The zero-order valence-corrected chi connectivity index (χ0v) is 11.6. The molecule has 1 aromatic rings. The molecule has 2 N–H and O–H groups in total. The van der Waals surface area contributed by atoms with Gasteiger partial charge in [0, 0.05) is 26.6 Å². The number of hydrogen-bond donors (Lipinski definition) is 2. The lowest BCUT2D eigenvalue weighted by Gasteiger charge is -2.27. The van der Waals surface area contributed by atoms with Crippen molar-refractivity contribution in [3.8, 4) is 0 Å². The topological polar surface area (TPSA) is 81.1 Å². The summed E-state index contributed by atoms with van der Waals surface area (Å²) in [6.07, 6.45) is -0.813. The second-order valence-corrected chi connectivity index (χ2v) is 5.16. The summed E-state index contributed by atoms with van der Waals surface area (Å²) in [7, 11) is 1.51. The molecule has 2 atom stereocenters. The van der Waals surface area contributed by atoms with Crippen LogP contribution in [0.3, 0.4) is 0 Å². The van der Waals surface area contributed by atoms with Crippen molar-refractivity contribution in [3.05, 3.63) is 35.6 Å². The predicted octanol–water partition coefficient (Wildman–Crippen LogP) is 0.897. The summed E-state index contributed by atoms with van der Waals surface area (Å²) in [5.74, 6) is -1.53. The number of likely N-dealkylation sites (tertiary alicyclic amines) is 1. The summed E-state index contributed by atoms with van der Waals surface area (Å²) in [4.78, 5) is 25.8. The Bertz CT molecular complexity index is 552. The van der Waals surface area contributed by atoms with Crippen molar-refractivity contribution < 1.29 is 24.2 Å². The van der Waals surface area contributed by atoms with Crippen LogP contribution in [0.1, 0.15) is 12.0 Å². The van der Waals surface area contributed by atoms with Crippen molar-refractivity contribution >= 4 is 12.0 Å². The summed E-state index contributed by atoms with van der Waals surface area (Å²) in [6, 6.07) is 4.33. The largest absolute Gasteiger partial charge is 0.480 e. The first kappa shape index (κ1) is 15.2. The molecule has 6 nitrogen and oxygen atoms in total. The Morgan fingerprint density at radius 1 is 1.48 bits per heavy atom. The third-order valence-electron chi connectivity index (χ3n) is 3.45. The molecule has 21 heavy (non-hydrogen) atoms. The fourth-order valence-corrected chi connectivity index (χ4v) is 2.46. The SMILES string of the molecule is CN(Cc1cccc(F)c1)C(=O)N1C[C@H](O)C[C@@H]1C(=O)O. The number of carbonyl (C=O) groups is 2. The van der Waals surface area contributed by atoms with Gasteiger partial charge in [0.2, 0.25) is 0 Å². The van der Waals surface area contributed by atoms with E-state index in [1.165, 1.54) is 24.1 Å². The lowest BCUT2D eigenvalue weighted by atomic mass is 10.2. The molecule has 0 unspecified atom stereocenters.